The lowest BCUT2D eigenvalue weighted by Gasteiger charge is -2.45. The molecule has 1 aliphatic heterocycles. The average Bonchev–Trinajstić information content (AvgIpc) is 3.79. The summed E-state index contributed by atoms with van der Waals surface area (Å²) >= 11 is 0. The fourth-order valence-corrected chi connectivity index (χ4v) is 6.51. The summed E-state index contributed by atoms with van der Waals surface area (Å²) in [7, 11) is 0. The molecular weight excluding hydrogens is 514 g/mol. The Morgan fingerprint density at radius 1 is 0.947 bits per heavy atom. The van der Waals surface area contributed by atoms with Gasteiger partial charge in [-0.1, -0.05) is 0 Å². The molecule has 1 aromatic rings. The summed E-state index contributed by atoms with van der Waals surface area (Å²) in [5.74, 6) is -0.597. The number of nitrogens with one attached hydrogen (secondary N) is 1. The van der Waals surface area contributed by atoms with Gasteiger partial charge in [0.15, 0.2) is 0 Å². The van der Waals surface area contributed by atoms with Gasteiger partial charge in [0.05, 0.1) is 41.4 Å². The zero-order valence-electron chi connectivity index (χ0n) is 20.9. The first-order chi connectivity index (χ1) is 17.8. The van der Waals surface area contributed by atoms with E-state index < -0.39 is 46.9 Å². The van der Waals surface area contributed by atoms with Gasteiger partial charge in [-0.15, -0.1) is 0 Å². The Morgan fingerprint density at radius 3 is 2.00 bits per heavy atom. The van der Waals surface area contributed by atoms with Crippen molar-refractivity contribution in [3.63, 3.8) is 0 Å². The van der Waals surface area contributed by atoms with E-state index >= 15 is 0 Å². The number of ether oxygens (including phenoxy) is 1. The molecule has 2 N–H and O–H groups in total. The van der Waals surface area contributed by atoms with Crippen LogP contribution in [0, 0.1) is 17.3 Å². The van der Waals surface area contributed by atoms with E-state index in [-0.39, 0.29) is 29.5 Å². The van der Waals surface area contributed by atoms with Gasteiger partial charge in [0.2, 0.25) is 5.91 Å². The third-order valence-corrected chi connectivity index (χ3v) is 8.62. The molecule has 5 rings (SSSR count). The summed E-state index contributed by atoms with van der Waals surface area (Å²) in [4.78, 5) is 18.7. The maximum absolute atomic E-state index is 13.9. The van der Waals surface area contributed by atoms with Crippen molar-refractivity contribution in [3.8, 4) is 0 Å². The number of hydrogen-bond donors (Lipinski definition) is 2. The molecule has 210 valence electrons. The topological polar surface area (TPSA) is 70.9 Å². The molecule has 0 bridgehead atoms. The number of aliphatic hydroxyl groups is 1. The molecule has 3 saturated carbocycles. The number of carbonyl (C=O) groups is 1. The minimum Gasteiger partial charge on any atom is -0.388 e. The molecule has 11 heteroatoms. The Labute approximate surface area is 217 Å². The normalized spacial score (nSPS) is 26.9. The number of amides is 1. The van der Waals surface area contributed by atoms with E-state index in [0.29, 0.717) is 57.5 Å². The largest absolute Gasteiger partial charge is 0.416 e. The first-order valence-electron chi connectivity index (χ1n) is 13.3. The number of halogens is 6. The van der Waals surface area contributed by atoms with E-state index in [1.807, 2.05) is 0 Å². The van der Waals surface area contributed by atoms with Crippen LogP contribution in [0.5, 0.6) is 0 Å². The lowest BCUT2D eigenvalue weighted by atomic mass is 9.64. The number of alkyl halides is 6. The zero-order valence-corrected chi connectivity index (χ0v) is 20.9. The third kappa shape index (κ3) is 5.33. The molecule has 1 amide bonds. The van der Waals surface area contributed by atoms with Crippen LogP contribution in [0.25, 0.3) is 0 Å². The molecule has 2 atom stereocenters. The molecule has 1 heterocycles. The fraction of sp³-hybridized carbons (Fsp3) is 0.704. The summed E-state index contributed by atoms with van der Waals surface area (Å²) < 4.78 is 85.3. The molecule has 0 radical (unpaired) electrons. The van der Waals surface area contributed by atoms with E-state index in [4.69, 9.17) is 9.73 Å². The van der Waals surface area contributed by atoms with Crippen LogP contribution in [0.1, 0.15) is 74.5 Å². The van der Waals surface area contributed by atoms with Crippen molar-refractivity contribution in [2.24, 2.45) is 22.2 Å². The van der Waals surface area contributed by atoms with Gasteiger partial charge in [-0.25, -0.2) is 0 Å². The van der Waals surface area contributed by atoms with Gasteiger partial charge < -0.3 is 15.2 Å². The van der Waals surface area contributed by atoms with Crippen LogP contribution >= 0.6 is 0 Å². The average molecular weight is 547 g/mol. The maximum Gasteiger partial charge on any atom is 0.416 e. The molecule has 1 saturated heterocycles. The molecule has 4 aliphatic rings. The first-order valence-corrected chi connectivity index (χ1v) is 13.3. The number of aliphatic imine (C=N–C) groups is 1. The van der Waals surface area contributed by atoms with Crippen LogP contribution in [-0.2, 0) is 28.4 Å². The fourth-order valence-electron chi connectivity index (χ4n) is 6.51. The van der Waals surface area contributed by atoms with Crippen LogP contribution in [-0.4, -0.2) is 41.6 Å². The highest BCUT2D eigenvalue weighted by molar-refractivity contribution is 5.86. The smallest absolute Gasteiger partial charge is 0.388 e. The first kappa shape index (κ1) is 27.4. The quantitative estimate of drug-likeness (QED) is 0.433. The number of benzene rings is 1. The number of nitrogens with zero attached hydrogens (tertiary/aromatic N) is 1. The molecule has 1 aromatic carbocycles. The molecule has 0 spiro atoms. The van der Waals surface area contributed by atoms with E-state index in [0.717, 1.165) is 31.4 Å². The van der Waals surface area contributed by atoms with Crippen molar-refractivity contribution in [1.29, 1.82) is 0 Å². The van der Waals surface area contributed by atoms with Crippen LogP contribution in [0.3, 0.4) is 0 Å². The van der Waals surface area contributed by atoms with Crippen LogP contribution in [0.2, 0.25) is 0 Å². The number of carbonyl (C=O) groups excluding carboxylic acids is 1. The Kier molecular flexibility index (Phi) is 7.07. The lowest BCUT2D eigenvalue weighted by molar-refractivity contribution is -0.161. The minimum absolute atomic E-state index is 0.0411. The van der Waals surface area contributed by atoms with Crippen molar-refractivity contribution in [3.05, 3.63) is 34.9 Å². The maximum atomic E-state index is 13.9. The molecule has 0 aromatic heterocycles. The number of rotatable bonds is 7. The minimum atomic E-state index is -4.97. The second-order valence-corrected chi connectivity index (χ2v) is 11.3. The molecule has 38 heavy (non-hydrogen) atoms. The van der Waals surface area contributed by atoms with Crippen LogP contribution in [0.15, 0.2) is 23.2 Å². The summed E-state index contributed by atoms with van der Waals surface area (Å²) in [5.41, 5.74) is -4.58. The SMILES string of the molecule is O=C(NCc1cc(C(F)(F)F)cc(C(F)(F)F)c1)C1(C(O)(C2CC2)C2CC2)CCC(N=C2CCOCC2)C1. The monoisotopic (exact) mass is 546 g/mol. The van der Waals surface area contributed by atoms with Gasteiger partial charge in [0, 0.05) is 25.1 Å². The molecular formula is C27H32F6N2O3. The standard InChI is InChI=1S/C27H32F6N2O3/c28-26(29,30)19-11-16(12-20(13-19)27(31,32)33)15-34-23(36)24(25(37,17-1-2-17)18-3-4-18)8-5-22(14-24)35-21-6-9-38-10-7-21/h11-13,17-18,22,37H,1-10,14-15H2,(H,34,36). The van der Waals surface area contributed by atoms with Gasteiger partial charge in [-0.3, -0.25) is 9.79 Å². The van der Waals surface area contributed by atoms with Gasteiger partial charge in [0.1, 0.15) is 0 Å². The Hall–Kier alpha value is -2.14. The summed E-state index contributed by atoms with van der Waals surface area (Å²) in [6.45, 7) is 0.667. The van der Waals surface area contributed by atoms with Crippen molar-refractivity contribution < 1.29 is 41.0 Å². The van der Waals surface area contributed by atoms with Gasteiger partial charge in [-0.2, -0.15) is 26.3 Å². The summed E-state index contributed by atoms with van der Waals surface area (Å²) in [6.07, 6.45) is -4.08. The van der Waals surface area contributed by atoms with Gasteiger partial charge in [0.25, 0.3) is 0 Å². The van der Waals surface area contributed by atoms with Crippen molar-refractivity contribution >= 4 is 11.6 Å². The molecule has 5 nitrogen and oxygen atoms in total. The molecule has 4 fully saturated rings. The predicted octanol–water partition coefficient (Wildman–Crippen LogP) is 5.68. The summed E-state index contributed by atoms with van der Waals surface area (Å²) in [6, 6.07) is 1.15. The van der Waals surface area contributed by atoms with Crippen LogP contribution in [0.4, 0.5) is 26.3 Å². The van der Waals surface area contributed by atoms with Crippen molar-refractivity contribution in [2.45, 2.75) is 88.3 Å². The summed E-state index contributed by atoms with van der Waals surface area (Å²) in [5, 5.41) is 14.7. The van der Waals surface area contributed by atoms with Crippen molar-refractivity contribution in [2.75, 3.05) is 13.2 Å². The van der Waals surface area contributed by atoms with E-state index in [1.54, 1.807) is 0 Å². The zero-order chi connectivity index (χ0) is 27.3. The third-order valence-electron chi connectivity index (χ3n) is 8.62. The van der Waals surface area contributed by atoms with Gasteiger partial charge >= 0.3 is 12.4 Å². The van der Waals surface area contributed by atoms with Gasteiger partial charge in [-0.05, 0) is 80.5 Å². The second kappa shape index (κ2) is 9.80. The van der Waals surface area contributed by atoms with Crippen LogP contribution < -0.4 is 5.32 Å². The van der Waals surface area contributed by atoms with E-state index in [1.165, 1.54) is 0 Å². The van der Waals surface area contributed by atoms with E-state index in [2.05, 4.69) is 5.32 Å². The predicted molar refractivity (Wildman–Crippen MR) is 126 cm³/mol. The highest BCUT2D eigenvalue weighted by atomic mass is 19.4. The highest BCUT2D eigenvalue weighted by Gasteiger charge is 2.68. The Morgan fingerprint density at radius 2 is 1.50 bits per heavy atom. The van der Waals surface area contributed by atoms with E-state index in [9.17, 15) is 36.2 Å². The second-order valence-electron chi connectivity index (χ2n) is 11.3. The molecule has 2 unspecified atom stereocenters. The lowest BCUT2D eigenvalue weighted by Crippen LogP contribution is -2.58. The molecule has 3 aliphatic carbocycles. The number of hydrogen-bond acceptors (Lipinski definition) is 4. The Bertz CT molecular complexity index is 1040. The van der Waals surface area contributed by atoms with Crippen molar-refractivity contribution in [1.82, 2.24) is 5.32 Å². The highest BCUT2D eigenvalue weighted by Crippen LogP contribution is 2.64. The Balaban J connectivity index is 1.41.